The molecule has 1 aromatic carbocycles. The van der Waals surface area contributed by atoms with E-state index in [0.29, 0.717) is 30.1 Å². The predicted molar refractivity (Wildman–Crippen MR) is 107 cm³/mol. The van der Waals surface area contributed by atoms with Gasteiger partial charge in [-0.15, -0.1) is 0 Å². The maximum absolute atomic E-state index is 12.7. The molecule has 0 saturated carbocycles. The second-order valence-electron chi connectivity index (χ2n) is 6.14. The fraction of sp³-hybridized carbons (Fsp3) is 0.200. The Kier molecular flexibility index (Phi) is 4.56. The molecule has 0 radical (unpaired) electrons. The molecule has 0 spiro atoms. The molecule has 4 rings (SSSR count). The van der Waals surface area contributed by atoms with Gasteiger partial charge in [0.1, 0.15) is 11.3 Å². The number of furan rings is 1. The van der Waals surface area contributed by atoms with E-state index in [4.69, 9.17) is 21.1 Å². The standard InChI is InChI=1S/C20H17N3O4S/c1-3-22-18(24)13(19(25)23(4-2)20(22)28)10-16-21-17-15(26-16)11-14(27-17)12-8-6-5-7-9-12/h5-11H,3-4H2,1-2H3. The van der Waals surface area contributed by atoms with Gasteiger partial charge in [-0.3, -0.25) is 19.4 Å². The Morgan fingerprint density at radius 2 is 1.68 bits per heavy atom. The smallest absolute Gasteiger partial charge is 0.266 e. The van der Waals surface area contributed by atoms with Gasteiger partial charge in [0.05, 0.1) is 0 Å². The molecule has 8 heteroatoms. The summed E-state index contributed by atoms with van der Waals surface area (Å²) in [6.45, 7) is 4.34. The first-order chi connectivity index (χ1) is 13.5. The van der Waals surface area contributed by atoms with Gasteiger partial charge in [0.2, 0.25) is 5.89 Å². The molecule has 1 aliphatic heterocycles. The van der Waals surface area contributed by atoms with Crippen LogP contribution in [-0.4, -0.2) is 44.8 Å². The number of carbonyl (C=O) groups is 2. The number of thiocarbonyl (C=S) groups is 1. The minimum Gasteiger partial charge on any atom is -0.435 e. The van der Waals surface area contributed by atoms with Gasteiger partial charge in [-0.2, -0.15) is 4.98 Å². The lowest BCUT2D eigenvalue weighted by Crippen LogP contribution is -2.55. The number of fused-ring (bicyclic) bond motifs is 1. The third-order valence-corrected chi connectivity index (χ3v) is 4.92. The number of oxazole rings is 1. The van der Waals surface area contributed by atoms with Crippen molar-refractivity contribution in [3.63, 3.8) is 0 Å². The highest BCUT2D eigenvalue weighted by Gasteiger charge is 2.38. The second-order valence-corrected chi connectivity index (χ2v) is 6.50. The van der Waals surface area contributed by atoms with Crippen LogP contribution in [0.1, 0.15) is 19.7 Å². The summed E-state index contributed by atoms with van der Waals surface area (Å²) in [5.74, 6) is -0.153. The van der Waals surface area contributed by atoms with Gasteiger partial charge in [-0.1, -0.05) is 30.3 Å². The maximum atomic E-state index is 12.7. The third kappa shape index (κ3) is 2.91. The number of carbonyl (C=O) groups excluding carboxylic acids is 2. The number of hydrogen-bond acceptors (Lipinski definition) is 6. The summed E-state index contributed by atoms with van der Waals surface area (Å²) in [6.07, 6.45) is 1.34. The quantitative estimate of drug-likeness (QED) is 0.382. The third-order valence-electron chi connectivity index (χ3n) is 4.48. The lowest BCUT2D eigenvalue weighted by molar-refractivity contribution is -0.133. The van der Waals surface area contributed by atoms with Crippen LogP contribution in [0.15, 0.2) is 50.8 Å². The zero-order valence-electron chi connectivity index (χ0n) is 15.3. The van der Waals surface area contributed by atoms with Gasteiger partial charge in [0, 0.05) is 30.8 Å². The van der Waals surface area contributed by atoms with Crippen molar-refractivity contribution in [1.29, 1.82) is 0 Å². The average molecular weight is 395 g/mol. The molecule has 2 amide bonds. The van der Waals surface area contributed by atoms with E-state index in [9.17, 15) is 9.59 Å². The molecule has 142 valence electrons. The van der Waals surface area contributed by atoms with E-state index in [1.807, 2.05) is 30.3 Å². The summed E-state index contributed by atoms with van der Waals surface area (Å²) in [4.78, 5) is 32.4. The van der Waals surface area contributed by atoms with Gasteiger partial charge >= 0.3 is 0 Å². The molecule has 0 bridgehead atoms. The first-order valence-electron chi connectivity index (χ1n) is 8.88. The minimum absolute atomic E-state index is 0.0375. The number of amides is 2. The molecular weight excluding hydrogens is 378 g/mol. The molecule has 7 nitrogen and oxygen atoms in total. The fourth-order valence-electron chi connectivity index (χ4n) is 3.06. The number of aromatic nitrogens is 1. The molecule has 1 aliphatic rings. The second kappa shape index (κ2) is 7.05. The van der Waals surface area contributed by atoms with Crippen molar-refractivity contribution < 1.29 is 18.4 Å². The van der Waals surface area contributed by atoms with Crippen molar-refractivity contribution in [3.8, 4) is 11.3 Å². The van der Waals surface area contributed by atoms with Crippen LogP contribution < -0.4 is 0 Å². The Labute approximate surface area is 166 Å². The van der Waals surface area contributed by atoms with Gasteiger partial charge in [0.25, 0.3) is 17.5 Å². The Hall–Kier alpha value is -3.26. The van der Waals surface area contributed by atoms with Crippen molar-refractivity contribution in [1.82, 2.24) is 14.8 Å². The highest BCUT2D eigenvalue weighted by atomic mass is 32.1. The highest BCUT2D eigenvalue weighted by molar-refractivity contribution is 7.80. The number of nitrogens with zero attached hydrogens (tertiary/aromatic N) is 3. The Bertz CT molecular complexity index is 1050. The van der Waals surface area contributed by atoms with Crippen molar-refractivity contribution in [3.05, 3.63) is 47.9 Å². The van der Waals surface area contributed by atoms with Crippen molar-refractivity contribution in [2.24, 2.45) is 0 Å². The van der Waals surface area contributed by atoms with Crippen LogP contribution in [0.3, 0.4) is 0 Å². The van der Waals surface area contributed by atoms with Crippen LogP contribution in [0.4, 0.5) is 0 Å². The van der Waals surface area contributed by atoms with Crippen molar-refractivity contribution in [2.45, 2.75) is 13.8 Å². The van der Waals surface area contributed by atoms with Crippen LogP contribution in [-0.2, 0) is 9.59 Å². The minimum atomic E-state index is -0.456. The summed E-state index contributed by atoms with van der Waals surface area (Å²) < 4.78 is 11.4. The first-order valence-corrected chi connectivity index (χ1v) is 9.29. The van der Waals surface area contributed by atoms with Crippen molar-refractivity contribution >= 4 is 46.5 Å². The lowest BCUT2D eigenvalue weighted by Gasteiger charge is -2.35. The summed E-state index contributed by atoms with van der Waals surface area (Å²) in [7, 11) is 0. The normalized spacial score (nSPS) is 15.1. The molecule has 3 heterocycles. The molecule has 0 N–H and O–H groups in total. The summed E-state index contributed by atoms with van der Waals surface area (Å²) in [5, 5.41) is 0.214. The molecule has 28 heavy (non-hydrogen) atoms. The van der Waals surface area contributed by atoms with Crippen LogP contribution >= 0.6 is 12.2 Å². The van der Waals surface area contributed by atoms with E-state index in [-0.39, 0.29) is 16.6 Å². The van der Waals surface area contributed by atoms with E-state index >= 15 is 0 Å². The fourth-order valence-corrected chi connectivity index (χ4v) is 3.49. The van der Waals surface area contributed by atoms with E-state index in [0.717, 1.165) is 5.56 Å². The first kappa shape index (κ1) is 18.1. The molecule has 3 aromatic rings. The SMILES string of the molecule is CCN1C(=O)C(=Cc2nc3oc(-c4ccccc4)cc3o2)C(=O)N(CC)C1=S. The van der Waals surface area contributed by atoms with Crippen LogP contribution in [0.2, 0.25) is 0 Å². The van der Waals surface area contributed by atoms with Gasteiger partial charge < -0.3 is 8.83 Å². The van der Waals surface area contributed by atoms with Gasteiger partial charge in [-0.25, -0.2) is 0 Å². The molecule has 1 fully saturated rings. The van der Waals surface area contributed by atoms with Crippen molar-refractivity contribution in [2.75, 3.05) is 13.1 Å². The molecule has 2 aromatic heterocycles. The average Bonchev–Trinajstić information content (AvgIpc) is 3.25. The van der Waals surface area contributed by atoms with Gasteiger partial charge in [-0.05, 0) is 26.1 Å². The topological polar surface area (TPSA) is 79.8 Å². The Morgan fingerprint density at radius 1 is 1.04 bits per heavy atom. The van der Waals surface area contributed by atoms with E-state index in [1.165, 1.54) is 15.9 Å². The number of hydrogen-bond donors (Lipinski definition) is 0. The van der Waals surface area contributed by atoms with Gasteiger partial charge in [0.15, 0.2) is 10.7 Å². The van der Waals surface area contributed by atoms with E-state index < -0.39 is 11.8 Å². The monoisotopic (exact) mass is 395 g/mol. The predicted octanol–water partition coefficient (Wildman–Crippen LogP) is 3.47. The summed E-state index contributed by atoms with van der Waals surface area (Å²) >= 11 is 5.25. The molecular formula is C20H17N3O4S. The molecule has 0 unspecified atom stereocenters. The number of benzene rings is 1. The summed E-state index contributed by atoms with van der Waals surface area (Å²) in [6, 6.07) is 11.3. The molecule has 0 aliphatic carbocycles. The number of likely N-dealkylation sites (N-methyl/N-ethyl adjacent to an activating group) is 2. The molecule has 1 saturated heterocycles. The summed E-state index contributed by atoms with van der Waals surface area (Å²) in [5.41, 5.74) is 1.61. The zero-order valence-corrected chi connectivity index (χ0v) is 16.2. The Morgan fingerprint density at radius 3 is 2.25 bits per heavy atom. The largest absolute Gasteiger partial charge is 0.435 e. The van der Waals surface area contributed by atoms with Crippen LogP contribution in [0.5, 0.6) is 0 Å². The van der Waals surface area contributed by atoms with Crippen LogP contribution in [0, 0.1) is 0 Å². The zero-order chi connectivity index (χ0) is 19.8. The number of rotatable bonds is 4. The van der Waals surface area contributed by atoms with E-state index in [2.05, 4.69) is 4.98 Å². The van der Waals surface area contributed by atoms with Crippen LogP contribution in [0.25, 0.3) is 28.7 Å². The maximum Gasteiger partial charge on any atom is 0.266 e. The lowest BCUT2D eigenvalue weighted by atomic mass is 10.1. The van der Waals surface area contributed by atoms with E-state index in [1.54, 1.807) is 19.9 Å². The highest BCUT2D eigenvalue weighted by Crippen LogP contribution is 2.29. The molecule has 0 atom stereocenters. The Balaban J connectivity index is 1.70.